The number of halogens is 3. The third-order valence-electron chi connectivity index (χ3n) is 4.94. The predicted molar refractivity (Wildman–Crippen MR) is 111 cm³/mol. The van der Waals surface area contributed by atoms with Crippen LogP contribution in [0.4, 0.5) is 24.9 Å². The lowest BCUT2D eigenvalue weighted by Crippen LogP contribution is -2.30. The van der Waals surface area contributed by atoms with Gasteiger partial charge in [-0.1, -0.05) is 26.0 Å². The molecule has 1 aromatic carbocycles. The molecule has 0 saturated carbocycles. The maximum absolute atomic E-state index is 12.6. The fourth-order valence-corrected chi connectivity index (χ4v) is 3.22. The average Bonchev–Trinajstić information content (AvgIpc) is 3.23. The molecule has 0 amide bonds. The van der Waals surface area contributed by atoms with Crippen LogP contribution in [0.1, 0.15) is 26.7 Å². The zero-order chi connectivity index (χ0) is 22.4. The standard InChI is InChI=1S/C21H27F3N4O3/c1-13(2)18(12-29)27-20-26-17(10-19(28-20)25-11-16-7-4-8-30-16)14-5-3-6-15(9-14)31-21(22,23)24/h3,5-6,9-10,13,16,18,29H,4,7-8,11-12H2,1-2H3,(H2,25,26,27,28)/t16-,18-/m0/s1. The van der Waals surface area contributed by atoms with Gasteiger partial charge < -0.3 is 25.2 Å². The largest absolute Gasteiger partial charge is 0.573 e. The molecule has 3 N–H and O–H groups in total. The minimum absolute atomic E-state index is 0.0826. The van der Waals surface area contributed by atoms with Gasteiger partial charge in [0.2, 0.25) is 5.95 Å². The van der Waals surface area contributed by atoms with Gasteiger partial charge in [0.1, 0.15) is 11.6 Å². The van der Waals surface area contributed by atoms with E-state index in [0.717, 1.165) is 19.4 Å². The van der Waals surface area contributed by atoms with Gasteiger partial charge in [-0.3, -0.25) is 0 Å². The monoisotopic (exact) mass is 440 g/mol. The molecule has 0 bridgehead atoms. The normalized spacial score (nSPS) is 17.6. The molecule has 2 atom stereocenters. The second kappa shape index (κ2) is 10.1. The lowest BCUT2D eigenvalue weighted by molar-refractivity contribution is -0.274. The van der Waals surface area contributed by atoms with Gasteiger partial charge in [0.25, 0.3) is 0 Å². The molecule has 0 aliphatic carbocycles. The maximum atomic E-state index is 12.6. The minimum Gasteiger partial charge on any atom is -0.406 e. The number of nitrogens with zero attached hydrogens (tertiary/aromatic N) is 2. The Labute approximate surface area is 179 Å². The Morgan fingerprint density at radius 2 is 2.06 bits per heavy atom. The van der Waals surface area contributed by atoms with Crippen LogP contribution in [0.3, 0.4) is 0 Å². The van der Waals surface area contributed by atoms with E-state index in [9.17, 15) is 18.3 Å². The second-order valence-corrected chi connectivity index (χ2v) is 7.73. The summed E-state index contributed by atoms with van der Waals surface area (Å²) in [4.78, 5) is 8.91. The van der Waals surface area contributed by atoms with E-state index in [2.05, 4.69) is 25.3 Å². The zero-order valence-electron chi connectivity index (χ0n) is 17.4. The molecule has 1 aliphatic rings. The highest BCUT2D eigenvalue weighted by Gasteiger charge is 2.31. The lowest BCUT2D eigenvalue weighted by Gasteiger charge is -2.21. The van der Waals surface area contributed by atoms with Crippen molar-refractivity contribution in [2.24, 2.45) is 5.92 Å². The summed E-state index contributed by atoms with van der Waals surface area (Å²) in [5.41, 5.74) is 0.859. The maximum Gasteiger partial charge on any atom is 0.573 e. The van der Waals surface area contributed by atoms with Crippen LogP contribution in [0.2, 0.25) is 0 Å². The van der Waals surface area contributed by atoms with Crippen molar-refractivity contribution in [3.05, 3.63) is 30.3 Å². The molecule has 1 fully saturated rings. The first-order valence-electron chi connectivity index (χ1n) is 10.2. The molecule has 2 heterocycles. The summed E-state index contributed by atoms with van der Waals surface area (Å²) in [7, 11) is 0. The van der Waals surface area contributed by atoms with Gasteiger partial charge in [-0.05, 0) is 30.9 Å². The number of benzene rings is 1. The number of nitrogens with one attached hydrogen (secondary N) is 2. The van der Waals surface area contributed by atoms with E-state index in [1.54, 1.807) is 12.1 Å². The van der Waals surface area contributed by atoms with Crippen molar-refractivity contribution in [2.75, 3.05) is 30.4 Å². The molecule has 10 heteroatoms. The smallest absolute Gasteiger partial charge is 0.406 e. The van der Waals surface area contributed by atoms with Crippen LogP contribution < -0.4 is 15.4 Å². The SMILES string of the molecule is CC(C)[C@H](CO)Nc1nc(NC[C@@H]2CCCO2)cc(-c2cccc(OC(F)(F)F)c2)n1. The Hall–Kier alpha value is -2.59. The molecule has 1 aliphatic heterocycles. The molecule has 1 aromatic heterocycles. The zero-order valence-corrected chi connectivity index (χ0v) is 17.4. The summed E-state index contributed by atoms with van der Waals surface area (Å²) < 4.78 is 47.5. The highest BCUT2D eigenvalue weighted by Crippen LogP contribution is 2.29. The van der Waals surface area contributed by atoms with Crippen molar-refractivity contribution >= 4 is 11.8 Å². The van der Waals surface area contributed by atoms with Gasteiger partial charge in [-0.15, -0.1) is 13.2 Å². The molecule has 1 saturated heterocycles. The van der Waals surface area contributed by atoms with Gasteiger partial charge in [-0.2, -0.15) is 4.98 Å². The van der Waals surface area contributed by atoms with E-state index in [1.807, 2.05) is 13.8 Å². The van der Waals surface area contributed by atoms with Crippen LogP contribution in [0, 0.1) is 5.92 Å². The fraction of sp³-hybridized carbons (Fsp3) is 0.524. The van der Waals surface area contributed by atoms with Crippen LogP contribution in [0.15, 0.2) is 30.3 Å². The second-order valence-electron chi connectivity index (χ2n) is 7.73. The van der Waals surface area contributed by atoms with E-state index in [0.29, 0.717) is 23.6 Å². The molecule has 0 spiro atoms. The van der Waals surface area contributed by atoms with Crippen LogP contribution in [0.5, 0.6) is 5.75 Å². The number of aromatic nitrogens is 2. The van der Waals surface area contributed by atoms with Gasteiger partial charge in [-0.25, -0.2) is 4.98 Å². The third kappa shape index (κ3) is 6.96. The van der Waals surface area contributed by atoms with Crippen molar-refractivity contribution in [3.63, 3.8) is 0 Å². The first kappa shape index (κ1) is 23.1. The number of ether oxygens (including phenoxy) is 2. The number of anilines is 2. The van der Waals surface area contributed by atoms with Crippen molar-refractivity contribution in [2.45, 2.75) is 45.2 Å². The van der Waals surface area contributed by atoms with Gasteiger partial charge in [0.15, 0.2) is 0 Å². The molecule has 7 nitrogen and oxygen atoms in total. The Kier molecular flexibility index (Phi) is 7.55. The van der Waals surface area contributed by atoms with E-state index < -0.39 is 6.36 Å². The van der Waals surface area contributed by atoms with Crippen molar-refractivity contribution in [3.8, 4) is 17.0 Å². The molecule has 0 radical (unpaired) electrons. The summed E-state index contributed by atoms with van der Waals surface area (Å²) in [6, 6.07) is 7.00. The van der Waals surface area contributed by atoms with Gasteiger partial charge in [0.05, 0.1) is 24.4 Å². The predicted octanol–water partition coefficient (Wildman–Crippen LogP) is 4.06. The Bertz CT molecular complexity index is 858. The van der Waals surface area contributed by atoms with Crippen LogP contribution in [0.25, 0.3) is 11.3 Å². The van der Waals surface area contributed by atoms with E-state index in [-0.39, 0.29) is 36.4 Å². The molecular weight excluding hydrogens is 413 g/mol. The highest BCUT2D eigenvalue weighted by atomic mass is 19.4. The van der Waals surface area contributed by atoms with E-state index in [1.165, 1.54) is 18.2 Å². The Morgan fingerprint density at radius 3 is 2.71 bits per heavy atom. The van der Waals surface area contributed by atoms with Gasteiger partial charge in [0, 0.05) is 24.8 Å². The fourth-order valence-electron chi connectivity index (χ4n) is 3.22. The number of hydrogen-bond donors (Lipinski definition) is 3. The van der Waals surface area contributed by atoms with E-state index >= 15 is 0 Å². The number of alkyl halides is 3. The Morgan fingerprint density at radius 1 is 1.26 bits per heavy atom. The summed E-state index contributed by atoms with van der Waals surface area (Å²) in [5.74, 6) is 0.555. The number of aliphatic hydroxyl groups is 1. The highest BCUT2D eigenvalue weighted by molar-refractivity contribution is 5.66. The number of aliphatic hydroxyl groups excluding tert-OH is 1. The summed E-state index contributed by atoms with van der Waals surface area (Å²) >= 11 is 0. The molecular formula is C21H27F3N4O3. The molecule has 2 aromatic rings. The Balaban J connectivity index is 1.89. The van der Waals surface area contributed by atoms with Gasteiger partial charge >= 0.3 is 6.36 Å². The average molecular weight is 440 g/mol. The van der Waals surface area contributed by atoms with Crippen molar-refractivity contribution in [1.29, 1.82) is 0 Å². The summed E-state index contributed by atoms with van der Waals surface area (Å²) in [5, 5.41) is 16.0. The molecule has 0 unspecified atom stereocenters. The topological polar surface area (TPSA) is 88.5 Å². The number of rotatable bonds is 9. The first-order chi connectivity index (χ1) is 14.7. The summed E-state index contributed by atoms with van der Waals surface area (Å²) in [6.45, 7) is 5.07. The first-order valence-corrected chi connectivity index (χ1v) is 10.2. The minimum atomic E-state index is -4.78. The molecule has 31 heavy (non-hydrogen) atoms. The molecule has 3 rings (SSSR count). The molecule has 170 valence electrons. The third-order valence-corrected chi connectivity index (χ3v) is 4.94. The lowest BCUT2D eigenvalue weighted by atomic mass is 10.1. The van der Waals surface area contributed by atoms with Crippen molar-refractivity contribution < 1.29 is 27.8 Å². The van der Waals surface area contributed by atoms with Crippen LogP contribution in [-0.4, -0.2) is 53.3 Å². The van der Waals surface area contributed by atoms with Crippen molar-refractivity contribution in [1.82, 2.24) is 9.97 Å². The summed E-state index contributed by atoms with van der Waals surface area (Å²) in [6.07, 6.45) is -2.74. The quantitative estimate of drug-likeness (QED) is 0.542. The van der Waals surface area contributed by atoms with Crippen LogP contribution >= 0.6 is 0 Å². The number of hydrogen-bond acceptors (Lipinski definition) is 7. The van der Waals surface area contributed by atoms with Crippen LogP contribution in [-0.2, 0) is 4.74 Å². The van der Waals surface area contributed by atoms with E-state index in [4.69, 9.17) is 4.74 Å².